The molecule has 0 radical (unpaired) electrons. The summed E-state index contributed by atoms with van der Waals surface area (Å²) in [6, 6.07) is 9.82. The third-order valence-electron chi connectivity index (χ3n) is 2.54. The first-order chi connectivity index (χ1) is 8.72. The molecule has 2 nitrogen and oxygen atoms in total. The number of halogens is 1. The van der Waals surface area contributed by atoms with Crippen molar-refractivity contribution in [2.45, 2.75) is 0 Å². The van der Waals surface area contributed by atoms with Crippen LogP contribution in [0.5, 0.6) is 0 Å². The average Bonchev–Trinajstić information content (AvgIpc) is 2.96. The van der Waals surface area contributed by atoms with E-state index in [1.807, 2.05) is 35.0 Å². The zero-order valence-corrected chi connectivity index (χ0v) is 12.4. The Bertz CT molecular complexity index is 716. The molecule has 1 aromatic carbocycles. The second-order valence-corrected chi connectivity index (χ2v) is 7.00. The highest BCUT2D eigenvalue weighted by Crippen LogP contribution is 2.25. The van der Waals surface area contributed by atoms with Crippen molar-refractivity contribution in [3.05, 3.63) is 50.4 Å². The van der Waals surface area contributed by atoms with E-state index in [2.05, 4.69) is 27.3 Å². The highest BCUT2D eigenvalue weighted by molar-refractivity contribution is 9.11. The molecule has 3 aromatic rings. The summed E-state index contributed by atoms with van der Waals surface area (Å²) in [5, 5.41) is 7.95. The van der Waals surface area contributed by atoms with Crippen molar-refractivity contribution in [1.29, 1.82) is 0 Å². The lowest BCUT2D eigenvalue weighted by molar-refractivity contribution is 0.102. The van der Waals surface area contributed by atoms with Gasteiger partial charge in [-0.3, -0.25) is 4.79 Å². The van der Waals surface area contributed by atoms with Crippen LogP contribution < -0.4 is 5.32 Å². The summed E-state index contributed by atoms with van der Waals surface area (Å²) >= 11 is 6.56. The monoisotopic (exact) mass is 337 g/mol. The molecule has 0 spiro atoms. The van der Waals surface area contributed by atoms with Crippen LogP contribution in [0.4, 0.5) is 5.69 Å². The SMILES string of the molecule is O=C(Nc1ccc2sccc2c1)c1csc(Br)c1. The van der Waals surface area contributed by atoms with Crippen molar-refractivity contribution in [2.75, 3.05) is 5.32 Å². The lowest BCUT2D eigenvalue weighted by Crippen LogP contribution is -2.10. The number of carbonyl (C=O) groups is 1. The molecular weight excluding hydrogens is 330 g/mol. The summed E-state index contributed by atoms with van der Waals surface area (Å²) in [6.45, 7) is 0. The maximum absolute atomic E-state index is 12.0. The summed E-state index contributed by atoms with van der Waals surface area (Å²) < 4.78 is 2.19. The average molecular weight is 338 g/mol. The first kappa shape index (κ1) is 11.9. The number of hydrogen-bond acceptors (Lipinski definition) is 3. The predicted molar refractivity (Wildman–Crippen MR) is 81.8 cm³/mol. The molecule has 90 valence electrons. The van der Waals surface area contributed by atoms with Gasteiger partial charge in [-0.05, 0) is 57.0 Å². The lowest BCUT2D eigenvalue weighted by Gasteiger charge is -2.03. The molecule has 0 aliphatic carbocycles. The minimum Gasteiger partial charge on any atom is -0.322 e. The van der Waals surface area contributed by atoms with Gasteiger partial charge < -0.3 is 5.32 Å². The smallest absolute Gasteiger partial charge is 0.256 e. The van der Waals surface area contributed by atoms with Gasteiger partial charge in [-0.1, -0.05) is 0 Å². The third-order valence-corrected chi connectivity index (χ3v) is 4.94. The number of anilines is 1. The van der Waals surface area contributed by atoms with Crippen LogP contribution in [-0.2, 0) is 0 Å². The number of rotatable bonds is 2. The Morgan fingerprint density at radius 3 is 2.83 bits per heavy atom. The molecule has 0 unspecified atom stereocenters. The van der Waals surface area contributed by atoms with Gasteiger partial charge in [-0.15, -0.1) is 22.7 Å². The summed E-state index contributed by atoms with van der Waals surface area (Å²) in [5.74, 6) is -0.0773. The number of fused-ring (bicyclic) bond motifs is 1. The Hall–Kier alpha value is -1.17. The van der Waals surface area contributed by atoms with Crippen LogP contribution in [-0.4, -0.2) is 5.91 Å². The minimum atomic E-state index is -0.0773. The van der Waals surface area contributed by atoms with Gasteiger partial charge in [-0.2, -0.15) is 0 Å². The Kier molecular flexibility index (Phi) is 3.20. The fourth-order valence-corrected chi connectivity index (χ4v) is 3.58. The topological polar surface area (TPSA) is 29.1 Å². The Labute approximate surface area is 120 Å². The number of carbonyl (C=O) groups excluding carboxylic acids is 1. The van der Waals surface area contributed by atoms with E-state index in [-0.39, 0.29) is 5.91 Å². The second kappa shape index (κ2) is 4.84. The van der Waals surface area contributed by atoms with Gasteiger partial charge >= 0.3 is 0 Å². The molecule has 1 N–H and O–H groups in total. The highest BCUT2D eigenvalue weighted by Gasteiger charge is 2.08. The standard InChI is InChI=1S/C13H8BrNOS2/c14-12-6-9(7-18-12)13(16)15-10-1-2-11-8(5-10)3-4-17-11/h1-7H,(H,15,16). The summed E-state index contributed by atoms with van der Waals surface area (Å²) in [6.07, 6.45) is 0. The molecule has 18 heavy (non-hydrogen) atoms. The van der Waals surface area contributed by atoms with E-state index in [1.165, 1.54) is 16.0 Å². The second-order valence-electron chi connectivity index (χ2n) is 3.77. The normalized spacial score (nSPS) is 10.7. The maximum Gasteiger partial charge on any atom is 0.256 e. The molecule has 3 rings (SSSR count). The first-order valence-electron chi connectivity index (χ1n) is 5.25. The van der Waals surface area contributed by atoms with Crippen LogP contribution in [0, 0.1) is 0 Å². The predicted octanol–water partition coefficient (Wildman–Crippen LogP) is 4.98. The van der Waals surface area contributed by atoms with Crippen molar-refractivity contribution in [1.82, 2.24) is 0 Å². The lowest BCUT2D eigenvalue weighted by atomic mass is 10.2. The van der Waals surface area contributed by atoms with E-state index in [9.17, 15) is 4.79 Å². The zero-order chi connectivity index (χ0) is 12.5. The van der Waals surface area contributed by atoms with Crippen molar-refractivity contribution in [3.8, 4) is 0 Å². The van der Waals surface area contributed by atoms with Gasteiger partial charge in [0.25, 0.3) is 5.91 Å². The van der Waals surface area contributed by atoms with E-state index in [0.29, 0.717) is 5.56 Å². The molecule has 0 aliphatic heterocycles. The Morgan fingerprint density at radius 1 is 1.17 bits per heavy atom. The number of thiophene rings is 2. The fraction of sp³-hybridized carbons (Fsp3) is 0. The van der Waals surface area contributed by atoms with Gasteiger partial charge in [0.15, 0.2) is 0 Å². The fourth-order valence-electron chi connectivity index (χ4n) is 1.68. The van der Waals surface area contributed by atoms with Gasteiger partial charge in [0.2, 0.25) is 0 Å². The molecule has 1 amide bonds. The van der Waals surface area contributed by atoms with Gasteiger partial charge in [0, 0.05) is 15.8 Å². The third kappa shape index (κ3) is 2.34. The zero-order valence-electron chi connectivity index (χ0n) is 9.14. The molecule has 5 heteroatoms. The van der Waals surface area contributed by atoms with Crippen LogP contribution >= 0.6 is 38.6 Å². The van der Waals surface area contributed by atoms with Crippen LogP contribution in [0.2, 0.25) is 0 Å². The maximum atomic E-state index is 12.0. The molecule has 2 heterocycles. The number of benzene rings is 1. The van der Waals surface area contributed by atoms with Crippen LogP contribution in [0.3, 0.4) is 0 Å². The number of nitrogens with one attached hydrogen (secondary N) is 1. The highest BCUT2D eigenvalue weighted by atomic mass is 79.9. The molecular formula is C13H8BrNOS2. The quantitative estimate of drug-likeness (QED) is 0.702. The van der Waals surface area contributed by atoms with Crippen LogP contribution in [0.15, 0.2) is 44.9 Å². The van der Waals surface area contributed by atoms with E-state index in [0.717, 1.165) is 14.9 Å². The van der Waals surface area contributed by atoms with Crippen LogP contribution in [0.1, 0.15) is 10.4 Å². The largest absolute Gasteiger partial charge is 0.322 e. The molecule has 0 saturated carbocycles. The van der Waals surface area contributed by atoms with E-state index >= 15 is 0 Å². The number of hydrogen-bond donors (Lipinski definition) is 1. The van der Waals surface area contributed by atoms with E-state index in [1.54, 1.807) is 11.3 Å². The van der Waals surface area contributed by atoms with E-state index < -0.39 is 0 Å². The molecule has 0 bridgehead atoms. The summed E-state index contributed by atoms with van der Waals surface area (Å²) in [7, 11) is 0. The minimum absolute atomic E-state index is 0.0773. The Morgan fingerprint density at radius 2 is 2.06 bits per heavy atom. The van der Waals surface area contributed by atoms with Gasteiger partial charge in [-0.25, -0.2) is 0 Å². The van der Waals surface area contributed by atoms with Crippen molar-refractivity contribution < 1.29 is 4.79 Å². The van der Waals surface area contributed by atoms with Gasteiger partial charge in [0.05, 0.1) is 9.35 Å². The molecule has 0 fully saturated rings. The van der Waals surface area contributed by atoms with Gasteiger partial charge in [0.1, 0.15) is 0 Å². The van der Waals surface area contributed by atoms with E-state index in [4.69, 9.17) is 0 Å². The summed E-state index contributed by atoms with van der Waals surface area (Å²) in [4.78, 5) is 12.0. The van der Waals surface area contributed by atoms with Crippen molar-refractivity contribution in [3.63, 3.8) is 0 Å². The molecule has 0 aliphatic rings. The van der Waals surface area contributed by atoms with Crippen molar-refractivity contribution >= 4 is 60.3 Å². The Balaban J connectivity index is 1.85. The summed E-state index contributed by atoms with van der Waals surface area (Å²) in [5.41, 5.74) is 1.51. The first-order valence-corrected chi connectivity index (χ1v) is 7.80. The van der Waals surface area contributed by atoms with Crippen LogP contribution in [0.25, 0.3) is 10.1 Å². The number of amides is 1. The molecule has 0 saturated heterocycles. The van der Waals surface area contributed by atoms with Crippen molar-refractivity contribution in [2.24, 2.45) is 0 Å². The molecule has 2 aromatic heterocycles. The molecule has 0 atom stereocenters.